The molecule has 0 aliphatic rings. The first-order chi connectivity index (χ1) is 12.7. The van der Waals surface area contributed by atoms with Crippen LogP contribution in [-0.4, -0.2) is 32.9 Å². The molecule has 0 atom stereocenters. The van der Waals surface area contributed by atoms with Gasteiger partial charge in [0.1, 0.15) is 16.2 Å². The molecule has 2 N–H and O–H groups in total. The van der Waals surface area contributed by atoms with Gasteiger partial charge in [0.2, 0.25) is 10.0 Å². The number of nitrogens with two attached hydrogens (primary N) is 1. The van der Waals surface area contributed by atoms with E-state index in [9.17, 15) is 8.42 Å². The highest BCUT2D eigenvalue weighted by molar-refractivity contribution is 7.89. The summed E-state index contributed by atoms with van der Waals surface area (Å²) in [6.07, 6.45) is 1.27. The van der Waals surface area contributed by atoms with Crippen LogP contribution in [-0.2, 0) is 16.6 Å². The van der Waals surface area contributed by atoms with E-state index in [2.05, 4.69) is 19.9 Å². The zero-order valence-electron chi connectivity index (χ0n) is 15.1. The van der Waals surface area contributed by atoms with E-state index >= 15 is 0 Å². The lowest BCUT2D eigenvalue weighted by atomic mass is 10.2. The van der Waals surface area contributed by atoms with Crippen LogP contribution in [0.2, 0.25) is 0 Å². The Labute approximate surface area is 156 Å². The maximum Gasteiger partial charge on any atom is 0.239 e. The van der Waals surface area contributed by atoms with Crippen molar-refractivity contribution in [2.45, 2.75) is 32.2 Å². The molecule has 0 bridgehead atoms. The standard InChI is InChI=1S/C18H18N6O2S/c1-10-4-7-15-17-16(11(2)22-18(15)21-10)23-12(3)24(17)9-13-5-6-14(8-20-13)27(19,25)26/h4-8H,9H2,1-3H3,(H2,19,25,26). The van der Waals surface area contributed by atoms with Crippen molar-refractivity contribution in [2.24, 2.45) is 5.14 Å². The van der Waals surface area contributed by atoms with Gasteiger partial charge in [-0.05, 0) is 45.0 Å². The Balaban J connectivity index is 1.89. The number of imidazole rings is 1. The van der Waals surface area contributed by atoms with E-state index in [0.717, 1.165) is 33.6 Å². The van der Waals surface area contributed by atoms with Crippen molar-refractivity contribution in [1.29, 1.82) is 0 Å². The van der Waals surface area contributed by atoms with Crippen LogP contribution >= 0.6 is 0 Å². The van der Waals surface area contributed by atoms with Gasteiger partial charge in [0, 0.05) is 17.3 Å². The lowest BCUT2D eigenvalue weighted by molar-refractivity contribution is 0.597. The second kappa shape index (κ2) is 6.07. The van der Waals surface area contributed by atoms with Crippen molar-refractivity contribution < 1.29 is 8.42 Å². The molecule has 4 heterocycles. The number of hydrogen-bond donors (Lipinski definition) is 1. The minimum atomic E-state index is -3.76. The second-order valence-corrected chi connectivity index (χ2v) is 8.06. The summed E-state index contributed by atoms with van der Waals surface area (Å²) in [5.41, 5.74) is 4.87. The molecule has 0 aromatic carbocycles. The van der Waals surface area contributed by atoms with Crippen molar-refractivity contribution in [1.82, 2.24) is 24.5 Å². The van der Waals surface area contributed by atoms with Crippen molar-refractivity contribution in [2.75, 3.05) is 0 Å². The number of primary sulfonamides is 1. The fourth-order valence-corrected chi connectivity index (χ4v) is 3.60. The van der Waals surface area contributed by atoms with E-state index in [1.807, 2.05) is 37.5 Å². The van der Waals surface area contributed by atoms with E-state index in [1.54, 1.807) is 6.07 Å². The molecule has 0 saturated carbocycles. The quantitative estimate of drug-likeness (QED) is 0.579. The summed E-state index contributed by atoms with van der Waals surface area (Å²) in [6.45, 7) is 6.22. The SMILES string of the molecule is Cc1ccc2c(n1)nc(C)c1nc(C)n(Cc3ccc(S(N)(=O)=O)cn3)c12. The number of aromatic nitrogens is 5. The first-order valence-corrected chi connectivity index (χ1v) is 9.87. The minimum Gasteiger partial charge on any atom is -0.321 e. The maximum absolute atomic E-state index is 11.4. The van der Waals surface area contributed by atoms with Crippen LogP contribution in [0.5, 0.6) is 0 Å². The molecule has 0 amide bonds. The monoisotopic (exact) mass is 382 g/mol. The van der Waals surface area contributed by atoms with Crippen LogP contribution in [0.4, 0.5) is 0 Å². The van der Waals surface area contributed by atoms with E-state index in [-0.39, 0.29) is 4.90 Å². The highest BCUT2D eigenvalue weighted by atomic mass is 32.2. The summed E-state index contributed by atoms with van der Waals surface area (Å²) in [5, 5.41) is 6.05. The highest BCUT2D eigenvalue weighted by Gasteiger charge is 2.16. The fraction of sp³-hybridized carbons (Fsp3) is 0.222. The van der Waals surface area contributed by atoms with Crippen LogP contribution in [0.3, 0.4) is 0 Å². The average Bonchev–Trinajstić information content (AvgIpc) is 2.92. The second-order valence-electron chi connectivity index (χ2n) is 6.49. The number of aryl methyl sites for hydroxylation is 3. The van der Waals surface area contributed by atoms with Crippen LogP contribution < -0.4 is 5.14 Å². The summed E-state index contributed by atoms with van der Waals surface area (Å²) in [5.74, 6) is 0.820. The number of nitrogens with zero attached hydrogens (tertiary/aromatic N) is 5. The Morgan fingerprint density at radius 3 is 2.48 bits per heavy atom. The third-order valence-electron chi connectivity index (χ3n) is 4.49. The van der Waals surface area contributed by atoms with Gasteiger partial charge in [-0.2, -0.15) is 0 Å². The molecule has 8 nitrogen and oxygen atoms in total. The fourth-order valence-electron chi connectivity index (χ4n) is 3.14. The topological polar surface area (TPSA) is 117 Å². The molecule has 4 aromatic rings. The van der Waals surface area contributed by atoms with Crippen LogP contribution in [0.15, 0.2) is 35.4 Å². The lowest BCUT2D eigenvalue weighted by Gasteiger charge is -2.09. The van der Waals surface area contributed by atoms with E-state index < -0.39 is 10.0 Å². The third-order valence-corrected chi connectivity index (χ3v) is 5.39. The summed E-state index contributed by atoms with van der Waals surface area (Å²) in [6, 6.07) is 7.07. The molecule has 0 spiro atoms. The van der Waals surface area contributed by atoms with Gasteiger partial charge in [0.05, 0.1) is 23.4 Å². The van der Waals surface area contributed by atoms with Crippen LogP contribution in [0, 0.1) is 20.8 Å². The van der Waals surface area contributed by atoms with E-state index in [0.29, 0.717) is 17.9 Å². The lowest BCUT2D eigenvalue weighted by Crippen LogP contribution is -2.13. The van der Waals surface area contributed by atoms with Crippen molar-refractivity contribution in [3.8, 4) is 0 Å². The van der Waals surface area contributed by atoms with E-state index in [4.69, 9.17) is 5.14 Å². The number of rotatable bonds is 3. The summed E-state index contributed by atoms with van der Waals surface area (Å²) >= 11 is 0. The van der Waals surface area contributed by atoms with E-state index in [1.165, 1.54) is 12.3 Å². The molecule has 0 aliphatic carbocycles. The average molecular weight is 382 g/mol. The van der Waals surface area contributed by atoms with Gasteiger partial charge in [-0.3, -0.25) is 4.98 Å². The van der Waals surface area contributed by atoms with Crippen LogP contribution in [0.1, 0.15) is 22.9 Å². The maximum atomic E-state index is 11.4. The molecule has 0 radical (unpaired) electrons. The van der Waals surface area contributed by atoms with Gasteiger partial charge < -0.3 is 4.57 Å². The van der Waals surface area contributed by atoms with Gasteiger partial charge in [0.25, 0.3) is 0 Å². The highest BCUT2D eigenvalue weighted by Crippen LogP contribution is 2.27. The largest absolute Gasteiger partial charge is 0.321 e. The first-order valence-electron chi connectivity index (χ1n) is 8.32. The minimum absolute atomic E-state index is 0.0105. The summed E-state index contributed by atoms with van der Waals surface area (Å²) < 4.78 is 24.9. The number of sulfonamides is 1. The molecule has 4 rings (SSSR count). The Kier molecular flexibility index (Phi) is 3.93. The predicted molar refractivity (Wildman–Crippen MR) is 102 cm³/mol. The van der Waals surface area contributed by atoms with Gasteiger partial charge in [0.15, 0.2) is 5.65 Å². The zero-order valence-corrected chi connectivity index (χ0v) is 15.9. The van der Waals surface area contributed by atoms with Gasteiger partial charge in [-0.25, -0.2) is 28.5 Å². The molecule has 27 heavy (non-hydrogen) atoms. The molecule has 0 saturated heterocycles. The number of pyridine rings is 3. The molecule has 4 aromatic heterocycles. The van der Waals surface area contributed by atoms with Crippen molar-refractivity contribution in [3.63, 3.8) is 0 Å². The molecule has 138 valence electrons. The zero-order chi connectivity index (χ0) is 19.3. The van der Waals surface area contributed by atoms with Crippen LogP contribution in [0.25, 0.3) is 22.1 Å². The normalized spacial score (nSPS) is 12.1. The Bertz CT molecular complexity index is 1290. The van der Waals surface area contributed by atoms with Crippen molar-refractivity contribution in [3.05, 3.63) is 53.4 Å². The number of hydrogen-bond acceptors (Lipinski definition) is 6. The number of fused-ring (bicyclic) bond motifs is 3. The van der Waals surface area contributed by atoms with Crippen molar-refractivity contribution >= 4 is 32.1 Å². The Morgan fingerprint density at radius 2 is 1.81 bits per heavy atom. The smallest absolute Gasteiger partial charge is 0.239 e. The molecule has 0 aliphatic heterocycles. The predicted octanol–water partition coefficient (Wildman–Crippen LogP) is 2.00. The van der Waals surface area contributed by atoms with Gasteiger partial charge >= 0.3 is 0 Å². The summed E-state index contributed by atoms with van der Waals surface area (Å²) in [4.78, 5) is 18.0. The molecule has 9 heteroatoms. The first kappa shape index (κ1) is 17.5. The Hall–Kier alpha value is -2.91. The molecule has 0 unspecified atom stereocenters. The molecular formula is C18H18N6O2S. The third kappa shape index (κ3) is 3.04. The van der Waals surface area contributed by atoms with Gasteiger partial charge in [-0.15, -0.1) is 0 Å². The Morgan fingerprint density at radius 1 is 1.04 bits per heavy atom. The summed E-state index contributed by atoms with van der Waals surface area (Å²) in [7, 11) is -3.76. The molecule has 0 fully saturated rings. The van der Waals surface area contributed by atoms with Gasteiger partial charge in [-0.1, -0.05) is 0 Å². The molecular weight excluding hydrogens is 364 g/mol.